The summed E-state index contributed by atoms with van der Waals surface area (Å²) in [4.78, 5) is 39.6. The van der Waals surface area contributed by atoms with E-state index in [4.69, 9.17) is 15.2 Å². The summed E-state index contributed by atoms with van der Waals surface area (Å²) in [5.41, 5.74) is 6.23. The Balaban J connectivity index is 2.00. The number of halogens is 2. The molecule has 0 atom stereocenters. The molecule has 206 valence electrons. The van der Waals surface area contributed by atoms with Gasteiger partial charge in [0.1, 0.15) is 31.7 Å². The fraction of sp³-hybridized carbons (Fsp3) is 0.370. The van der Waals surface area contributed by atoms with Gasteiger partial charge in [-0.25, -0.2) is 13.6 Å². The van der Waals surface area contributed by atoms with Gasteiger partial charge in [-0.15, -0.1) is 0 Å². The topological polar surface area (TPSA) is 116 Å². The van der Waals surface area contributed by atoms with E-state index in [1.54, 1.807) is 14.8 Å². The van der Waals surface area contributed by atoms with Crippen LogP contribution in [0, 0.1) is 11.6 Å². The van der Waals surface area contributed by atoms with Crippen LogP contribution in [-0.2, 0) is 20.9 Å². The van der Waals surface area contributed by atoms with Gasteiger partial charge in [0.15, 0.2) is 0 Å². The highest BCUT2D eigenvalue weighted by Crippen LogP contribution is 2.30. The number of rotatable bonds is 8. The number of nitrogens with zero attached hydrogens (tertiary/aromatic N) is 2. The van der Waals surface area contributed by atoms with Crippen LogP contribution in [-0.4, -0.2) is 56.1 Å². The molecule has 2 heterocycles. The Morgan fingerprint density at radius 2 is 1.87 bits per heavy atom. The van der Waals surface area contributed by atoms with Crippen molar-refractivity contribution in [3.05, 3.63) is 57.4 Å². The molecule has 0 spiro atoms. The van der Waals surface area contributed by atoms with E-state index in [-0.39, 0.29) is 53.2 Å². The molecule has 1 fully saturated rings. The number of carbonyl (C=O) groups excluding carboxylic acids is 2. The monoisotopic (exact) mass is 540 g/mol. The zero-order chi connectivity index (χ0) is 28.6. The van der Waals surface area contributed by atoms with E-state index in [0.29, 0.717) is 29.8 Å². The minimum absolute atomic E-state index is 0.0182. The van der Waals surface area contributed by atoms with Gasteiger partial charge in [-0.05, 0) is 30.6 Å². The van der Waals surface area contributed by atoms with Crippen molar-refractivity contribution in [1.82, 2.24) is 9.88 Å². The van der Waals surface area contributed by atoms with Crippen molar-refractivity contribution in [2.45, 2.75) is 46.4 Å². The van der Waals surface area contributed by atoms with Gasteiger partial charge in [-0.3, -0.25) is 9.59 Å². The number of nitrogens with two attached hydrogens (primary N) is 1. The largest absolute Gasteiger partial charge is 0.462 e. The van der Waals surface area contributed by atoms with E-state index in [1.165, 1.54) is 23.8 Å². The van der Waals surface area contributed by atoms with Gasteiger partial charge in [-0.2, -0.15) is 0 Å². The molecule has 0 bridgehead atoms. The number of hydrogen-bond donors (Lipinski definition) is 2. The second-order valence-corrected chi connectivity index (χ2v) is 9.90. The minimum atomic E-state index is -0.887. The van der Waals surface area contributed by atoms with Gasteiger partial charge < -0.3 is 30.0 Å². The molecule has 1 aliphatic heterocycles. The van der Waals surface area contributed by atoms with Gasteiger partial charge >= 0.3 is 11.9 Å². The molecule has 12 heteroatoms. The number of carbonyl (C=O) groups is 2. The summed E-state index contributed by atoms with van der Waals surface area (Å²) in [5.74, 6) is -2.81. The predicted octanol–water partition coefficient (Wildman–Crippen LogP) is 1.54. The lowest BCUT2D eigenvalue weighted by Crippen LogP contribution is -2.60. The second kappa shape index (κ2) is 11.1. The van der Waals surface area contributed by atoms with Crippen LogP contribution in [0.15, 0.2) is 29.2 Å². The maximum atomic E-state index is 15.6. The van der Waals surface area contributed by atoms with Gasteiger partial charge in [0.2, 0.25) is 5.43 Å². The Morgan fingerprint density at radius 3 is 2.49 bits per heavy atom. The molecule has 1 saturated heterocycles. The fourth-order valence-corrected chi connectivity index (χ4v) is 4.95. The molecule has 2 aromatic carbocycles. The van der Waals surface area contributed by atoms with Crippen LogP contribution < -0.4 is 26.8 Å². The van der Waals surface area contributed by atoms with Crippen LogP contribution in [0.4, 0.5) is 20.2 Å². The number of pyridine rings is 1. The van der Waals surface area contributed by atoms with E-state index >= 15 is 4.39 Å². The Kier molecular flexibility index (Phi) is 7.96. The number of nitrogen functional groups attached to an aromatic ring is 1. The zero-order valence-electron chi connectivity index (χ0n) is 22.6. The second-order valence-electron chi connectivity index (χ2n) is 9.90. The zero-order valence-corrected chi connectivity index (χ0v) is 22.6. The molecule has 0 aliphatic carbocycles. The normalized spacial score (nSPS) is 13.6. The summed E-state index contributed by atoms with van der Waals surface area (Å²) in [7, 11) is 1.68. The molecule has 4 rings (SSSR count). The van der Waals surface area contributed by atoms with Gasteiger partial charge in [0.05, 0.1) is 29.2 Å². The molecular weight excluding hydrogens is 509 g/mol. The van der Waals surface area contributed by atoms with Crippen LogP contribution >= 0.6 is 0 Å². The summed E-state index contributed by atoms with van der Waals surface area (Å²) in [6.45, 7) is 7.73. The average molecular weight is 540 g/mol. The standard InChI is InChI=1S/C27H31BF2N4O5/c1-5-38-27(37)18-11-34(22-8-21(31)19(29)6-15(22)12-39-14(4)35)24-17(26(18)36)7-20(30)25(23(24)28)33-9-16(10-33)32-13(2)3/h6-8,11,13,16,32H,5,9-10,12,28,31H2,1-4H3. The lowest BCUT2D eigenvalue weighted by atomic mass is 9.87. The van der Waals surface area contributed by atoms with Crippen molar-refractivity contribution in [3.8, 4) is 5.69 Å². The minimum Gasteiger partial charge on any atom is -0.462 e. The van der Waals surface area contributed by atoms with Crippen LogP contribution in [0.1, 0.15) is 43.6 Å². The summed E-state index contributed by atoms with van der Waals surface area (Å²) in [6, 6.07) is 4.01. The van der Waals surface area contributed by atoms with Crippen LogP contribution in [0.5, 0.6) is 0 Å². The number of fused-ring (bicyclic) bond motifs is 1. The molecule has 39 heavy (non-hydrogen) atoms. The SMILES string of the molecule is Bc1c(N2CC(NC(C)C)C2)c(F)cc2c(=O)c(C(=O)OCC)cn(-c3cc(N)c(F)cc3COC(C)=O)c12. The lowest BCUT2D eigenvalue weighted by molar-refractivity contribution is -0.142. The molecule has 0 amide bonds. The predicted molar refractivity (Wildman–Crippen MR) is 148 cm³/mol. The molecule has 1 aromatic heterocycles. The van der Waals surface area contributed by atoms with E-state index in [9.17, 15) is 18.8 Å². The Bertz CT molecular complexity index is 1520. The van der Waals surface area contributed by atoms with Crippen molar-refractivity contribution in [2.24, 2.45) is 0 Å². The van der Waals surface area contributed by atoms with Crippen LogP contribution in [0.2, 0.25) is 0 Å². The molecule has 0 radical (unpaired) electrons. The third kappa shape index (κ3) is 5.47. The maximum absolute atomic E-state index is 15.6. The molecular formula is C27H31BF2N4O5. The first-order valence-electron chi connectivity index (χ1n) is 12.7. The lowest BCUT2D eigenvalue weighted by Gasteiger charge is -2.43. The maximum Gasteiger partial charge on any atom is 0.343 e. The molecule has 0 saturated carbocycles. The number of anilines is 2. The third-order valence-corrected chi connectivity index (χ3v) is 6.60. The van der Waals surface area contributed by atoms with E-state index < -0.39 is 29.0 Å². The van der Waals surface area contributed by atoms with E-state index in [0.717, 1.165) is 12.1 Å². The smallest absolute Gasteiger partial charge is 0.343 e. The highest BCUT2D eigenvalue weighted by atomic mass is 19.1. The van der Waals surface area contributed by atoms with E-state index in [1.807, 2.05) is 18.7 Å². The van der Waals surface area contributed by atoms with E-state index in [2.05, 4.69) is 5.32 Å². The number of nitrogens with one attached hydrogen (secondary N) is 1. The first-order chi connectivity index (χ1) is 18.4. The van der Waals surface area contributed by atoms with Gasteiger partial charge in [-0.1, -0.05) is 13.8 Å². The van der Waals surface area contributed by atoms with Gasteiger partial charge in [0, 0.05) is 49.2 Å². The first kappa shape index (κ1) is 28.1. The summed E-state index contributed by atoms with van der Waals surface area (Å²) in [5, 5.41) is 3.36. The molecule has 0 unspecified atom stereocenters. The molecule has 3 N–H and O–H groups in total. The molecule has 9 nitrogen and oxygen atoms in total. The number of aromatic nitrogens is 1. The number of esters is 2. The number of benzene rings is 2. The molecule has 3 aromatic rings. The highest BCUT2D eigenvalue weighted by molar-refractivity contribution is 6.42. The van der Waals surface area contributed by atoms with Gasteiger partial charge in [0.25, 0.3) is 0 Å². The first-order valence-corrected chi connectivity index (χ1v) is 12.7. The third-order valence-electron chi connectivity index (χ3n) is 6.60. The van der Waals surface area contributed by atoms with Crippen molar-refractivity contribution in [1.29, 1.82) is 0 Å². The van der Waals surface area contributed by atoms with Crippen molar-refractivity contribution < 1.29 is 27.8 Å². The van der Waals surface area contributed by atoms with Crippen LogP contribution in [0.3, 0.4) is 0 Å². The average Bonchev–Trinajstić information content (AvgIpc) is 2.83. The van der Waals surface area contributed by atoms with Crippen LogP contribution in [0.25, 0.3) is 16.6 Å². The fourth-order valence-electron chi connectivity index (χ4n) is 4.95. The Labute approximate surface area is 225 Å². The summed E-state index contributed by atoms with van der Waals surface area (Å²) >= 11 is 0. The summed E-state index contributed by atoms with van der Waals surface area (Å²) < 4.78 is 41.8. The number of ether oxygens (including phenoxy) is 2. The Morgan fingerprint density at radius 1 is 1.18 bits per heavy atom. The number of hydrogen-bond acceptors (Lipinski definition) is 8. The Hall–Kier alpha value is -3.93. The molecule has 1 aliphatic rings. The summed E-state index contributed by atoms with van der Waals surface area (Å²) in [6.07, 6.45) is 1.28. The van der Waals surface area contributed by atoms with Crippen molar-refractivity contribution in [2.75, 3.05) is 30.3 Å². The quantitative estimate of drug-likeness (QED) is 0.251. The van der Waals surface area contributed by atoms with Crippen molar-refractivity contribution >= 4 is 47.5 Å². The van der Waals surface area contributed by atoms with Crippen molar-refractivity contribution in [3.63, 3.8) is 0 Å². The highest BCUT2D eigenvalue weighted by Gasteiger charge is 2.32.